The standard InChI is InChI=1S/C13H15FN4O/c1-17-7-9(3-5-12(17)19)18-11-6-8(14)2-4-10(11)16-13(18)15/h2,4,6,9H,3,5,7H2,1H3,(H2,15,16). The quantitative estimate of drug-likeness (QED) is 0.848. The van der Waals surface area contributed by atoms with Gasteiger partial charge in [0.15, 0.2) is 0 Å². The van der Waals surface area contributed by atoms with Crippen LogP contribution in [0, 0.1) is 5.82 Å². The van der Waals surface area contributed by atoms with Crippen molar-refractivity contribution in [1.82, 2.24) is 14.5 Å². The number of hydrogen-bond donors (Lipinski definition) is 1. The van der Waals surface area contributed by atoms with Crippen LogP contribution in [0.4, 0.5) is 10.3 Å². The van der Waals surface area contributed by atoms with Crippen LogP contribution in [-0.4, -0.2) is 34.0 Å². The number of rotatable bonds is 1. The van der Waals surface area contributed by atoms with Crippen LogP contribution in [0.25, 0.3) is 11.0 Å². The zero-order valence-electron chi connectivity index (χ0n) is 10.6. The summed E-state index contributed by atoms with van der Waals surface area (Å²) in [6, 6.07) is 4.48. The number of nitrogen functional groups attached to an aromatic ring is 1. The highest BCUT2D eigenvalue weighted by Gasteiger charge is 2.26. The number of piperidine rings is 1. The lowest BCUT2D eigenvalue weighted by atomic mass is 10.1. The number of carbonyl (C=O) groups is 1. The van der Waals surface area contributed by atoms with E-state index in [2.05, 4.69) is 4.98 Å². The minimum absolute atomic E-state index is 0.0505. The molecule has 6 heteroatoms. The molecule has 19 heavy (non-hydrogen) atoms. The molecule has 1 aliphatic rings. The third-order valence-electron chi connectivity index (χ3n) is 3.65. The summed E-state index contributed by atoms with van der Waals surface area (Å²) < 4.78 is 15.2. The lowest BCUT2D eigenvalue weighted by Crippen LogP contribution is -2.38. The van der Waals surface area contributed by atoms with Crippen LogP contribution in [0.1, 0.15) is 18.9 Å². The van der Waals surface area contributed by atoms with Gasteiger partial charge in [0.2, 0.25) is 11.9 Å². The monoisotopic (exact) mass is 262 g/mol. The normalized spacial score (nSPS) is 20.2. The van der Waals surface area contributed by atoms with Crippen LogP contribution in [-0.2, 0) is 4.79 Å². The predicted molar refractivity (Wildman–Crippen MR) is 70.0 cm³/mol. The second-order valence-corrected chi connectivity index (χ2v) is 4.94. The van der Waals surface area contributed by atoms with Crippen LogP contribution in [0.15, 0.2) is 18.2 Å². The summed E-state index contributed by atoms with van der Waals surface area (Å²) >= 11 is 0. The second-order valence-electron chi connectivity index (χ2n) is 4.94. The third kappa shape index (κ3) is 1.93. The number of aromatic nitrogens is 2. The van der Waals surface area contributed by atoms with Crippen LogP contribution in [0.2, 0.25) is 0 Å². The molecule has 1 amide bonds. The number of halogens is 1. The van der Waals surface area contributed by atoms with Gasteiger partial charge in [-0.05, 0) is 24.6 Å². The van der Waals surface area contributed by atoms with Crippen molar-refractivity contribution >= 4 is 22.9 Å². The molecule has 2 aromatic rings. The molecule has 1 aromatic carbocycles. The number of carbonyl (C=O) groups excluding carboxylic acids is 1. The SMILES string of the molecule is CN1CC(n2c(N)nc3ccc(F)cc32)CCC1=O. The Morgan fingerprint density at radius 2 is 2.26 bits per heavy atom. The third-order valence-corrected chi connectivity index (χ3v) is 3.65. The van der Waals surface area contributed by atoms with E-state index in [0.717, 1.165) is 0 Å². The first-order chi connectivity index (χ1) is 9.06. The molecule has 5 nitrogen and oxygen atoms in total. The molecule has 1 aliphatic heterocycles. The number of hydrogen-bond acceptors (Lipinski definition) is 3. The van der Waals surface area contributed by atoms with Crippen LogP contribution in [0.5, 0.6) is 0 Å². The summed E-state index contributed by atoms with van der Waals surface area (Å²) in [5.74, 6) is 0.188. The van der Waals surface area contributed by atoms with Crippen LogP contribution in [0.3, 0.4) is 0 Å². The minimum atomic E-state index is -0.311. The number of fused-ring (bicyclic) bond motifs is 1. The highest BCUT2D eigenvalue weighted by atomic mass is 19.1. The lowest BCUT2D eigenvalue weighted by Gasteiger charge is -2.31. The van der Waals surface area contributed by atoms with E-state index < -0.39 is 0 Å². The van der Waals surface area contributed by atoms with Gasteiger partial charge in [0.05, 0.1) is 17.1 Å². The van der Waals surface area contributed by atoms with E-state index in [1.165, 1.54) is 12.1 Å². The van der Waals surface area contributed by atoms with Crippen molar-refractivity contribution in [2.45, 2.75) is 18.9 Å². The summed E-state index contributed by atoms with van der Waals surface area (Å²) in [6.07, 6.45) is 1.19. The fourth-order valence-corrected chi connectivity index (χ4v) is 2.67. The van der Waals surface area contributed by atoms with Gasteiger partial charge < -0.3 is 15.2 Å². The fraction of sp³-hybridized carbons (Fsp3) is 0.385. The predicted octanol–water partition coefficient (Wildman–Crippen LogP) is 1.55. The highest BCUT2D eigenvalue weighted by molar-refractivity contribution is 5.79. The van der Waals surface area contributed by atoms with E-state index in [-0.39, 0.29) is 17.8 Å². The van der Waals surface area contributed by atoms with Gasteiger partial charge in [0, 0.05) is 20.0 Å². The van der Waals surface area contributed by atoms with Crippen molar-refractivity contribution < 1.29 is 9.18 Å². The van der Waals surface area contributed by atoms with Crippen molar-refractivity contribution in [2.75, 3.05) is 19.3 Å². The van der Waals surface area contributed by atoms with Gasteiger partial charge in [-0.1, -0.05) is 0 Å². The van der Waals surface area contributed by atoms with E-state index in [9.17, 15) is 9.18 Å². The van der Waals surface area contributed by atoms with E-state index in [4.69, 9.17) is 5.73 Å². The summed E-state index contributed by atoms with van der Waals surface area (Å²) in [5.41, 5.74) is 7.30. The number of likely N-dealkylation sites (N-methyl/N-ethyl adjacent to an activating group) is 1. The molecule has 0 saturated carbocycles. The number of likely N-dealkylation sites (tertiary alicyclic amines) is 1. The first-order valence-corrected chi connectivity index (χ1v) is 6.23. The Balaban J connectivity index is 2.07. The second kappa shape index (κ2) is 4.22. The van der Waals surface area contributed by atoms with Gasteiger partial charge in [0.1, 0.15) is 5.82 Å². The van der Waals surface area contributed by atoms with Gasteiger partial charge in [-0.15, -0.1) is 0 Å². The summed E-state index contributed by atoms with van der Waals surface area (Å²) in [7, 11) is 1.77. The van der Waals surface area contributed by atoms with E-state index in [1.807, 2.05) is 4.57 Å². The maximum absolute atomic E-state index is 13.4. The number of anilines is 1. The summed E-state index contributed by atoms with van der Waals surface area (Å²) in [5, 5.41) is 0. The van der Waals surface area contributed by atoms with Gasteiger partial charge in [-0.2, -0.15) is 0 Å². The Morgan fingerprint density at radius 3 is 3.00 bits per heavy atom. The molecule has 1 fully saturated rings. The van der Waals surface area contributed by atoms with E-state index >= 15 is 0 Å². The average Bonchev–Trinajstić information content (AvgIpc) is 2.68. The van der Waals surface area contributed by atoms with E-state index in [1.54, 1.807) is 18.0 Å². The van der Waals surface area contributed by atoms with Crippen molar-refractivity contribution in [3.8, 4) is 0 Å². The van der Waals surface area contributed by atoms with Gasteiger partial charge in [0.25, 0.3) is 0 Å². The number of nitrogens with zero attached hydrogens (tertiary/aromatic N) is 3. The number of amides is 1. The van der Waals surface area contributed by atoms with Crippen molar-refractivity contribution in [1.29, 1.82) is 0 Å². The maximum Gasteiger partial charge on any atom is 0.222 e. The van der Waals surface area contributed by atoms with Gasteiger partial charge >= 0.3 is 0 Å². The smallest absolute Gasteiger partial charge is 0.222 e. The number of imidazole rings is 1. The van der Waals surface area contributed by atoms with E-state index in [0.29, 0.717) is 36.4 Å². The Bertz CT molecular complexity index is 651. The molecule has 100 valence electrons. The molecule has 0 bridgehead atoms. The molecule has 0 radical (unpaired) electrons. The van der Waals surface area contributed by atoms with Gasteiger partial charge in [-0.3, -0.25) is 4.79 Å². The molecule has 2 N–H and O–H groups in total. The molecule has 1 aromatic heterocycles. The van der Waals surface area contributed by atoms with Gasteiger partial charge in [-0.25, -0.2) is 9.37 Å². The maximum atomic E-state index is 13.4. The molecule has 2 heterocycles. The lowest BCUT2D eigenvalue weighted by molar-refractivity contribution is -0.132. The van der Waals surface area contributed by atoms with Crippen LogP contribution >= 0.6 is 0 Å². The number of benzene rings is 1. The average molecular weight is 262 g/mol. The van der Waals surface area contributed by atoms with Crippen molar-refractivity contribution in [3.63, 3.8) is 0 Å². The summed E-state index contributed by atoms with van der Waals surface area (Å²) in [6.45, 7) is 0.574. The minimum Gasteiger partial charge on any atom is -0.369 e. The molecule has 0 aliphatic carbocycles. The molecule has 1 atom stereocenters. The molecule has 1 saturated heterocycles. The van der Waals surface area contributed by atoms with Crippen molar-refractivity contribution in [3.05, 3.63) is 24.0 Å². The summed E-state index contributed by atoms with van der Waals surface area (Å²) in [4.78, 5) is 17.4. The zero-order valence-corrected chi connectivity index (χ0v) is 10.6. The van der Waals surface area contributed by atoms with Crippen molar-refractivity contribution in [2.24, 2.45) is 0 Å². The zero-order chi connectivity index (χ0) is 13.6. The highest BCUT2D eigenvalue weighted by Crippen LogP contribution is 2.29. The van der Waals surface area contributed by atoms with Crippen LogP contribution < -0.4 is 5.73 Å². The first-order valence-electron chi connectivity index (χ1n) is 6.23. The Morgan fingerprint density at radius 1 is 1.47 bits per heavy atom. The Labute approximate surface area is 109 Å². The topological polar surface area (TPSA) is 64.2 Å². The molecule has 1 unspecified atom stereocenters. The fourth-order valence-electron chi connectivity index (χ4n) is 2.67. The molecule has 0 spiro atoms. The largest absolute Gasteiger partial charge is 0.369 e. The molecular formula is C13H15FN4O. The molecule has 3 rings (SSSR count). The Hall–Kier alpha value is -2.11. The molecular weight excluding hydrogens is 247 g/mol. The first kappa shape index (κ1) is 12.0. The number of nitrogens with two attached hydrogens (primary N) is 1. The Kier molecular flexibility index (Phi) is 2.66.